The van der Waals surface area contributed by atoms with Crippen molar-refractivity contribution >= 4 is 35.2 Å². The second-order valence-electron chi connectivity index (χ2n) is 4.12. The van der Waals surface area contributed by atoms with E-state index in [0.717, 1.165) is 5.56 Å². The van der Waals surface area contributed by atoms with Crippen LogP contribution in [-0.2, 0) is 16.0 Å². The summed E-state index contributed by atoms with van der Waals surface area (Å²) in [6, 6.07) is 4.66. The Hall–Kier alpha value is -1.50. The van der Waals surface area contributed by atoms with E-state index < -0.39 is 18.0 Å². The Bertz CT molecular complexity index is 497. The standard InChI is InChI=1S/C12H15Cl2N3O3/c13-8-2-1-7(10(14)4-8)3-9(15)6-20-12(19)17-5-11(16)18/h1-2,4,9H,3,5-6,15H2,(H2,16,18)(H,17,19)/t9-/m1/s1. The van der Waals surface area contributed by atoms with E-state index in [1.54, 1.807) is 18.2 Å². The van der Waals surface area contributed by atoms with Crippen LogP contribution in [0, 0.1) is 0 Å². The monoisotopic (exact) mass is 319 g/mol. The summed E-state index contributed by atoms with van der Waals surface area (Å²) in [4.78, 5) is 21.6. The van der Waals surface area contributed by atoms with Gasteiger partial charge in [-0.3, -0.25) is 4.79 Å². The minimum atomic E-state index is -0.749. The third-order valence-corrected chi connectivity index (χ3v) is 2.92. The molecular weight excluding hydrogens is 305 g/mol. The van der Waals surface area contributed by atoms with Crippen LogP contribution in [-0.4, -0.2) is 31.2 Å². The Morgan fingerprint density at radius 1 is 1.35 bits per heavy atom. The predicted octanol–water partition coefficient (Wildman–Crippen LogP) is 1.07. The van der Waals surface area contributed by atoms with Crippen LogP contribution in [0.15, 0.2) is 18.2 Å². The minimum Gasteiger partial charge on any atom is -0.448 e. The zero-order valence-corrected chi connectivity index (χ0v) is 12.1. The molecule has 0 fully saturated rings. The molecule has 0 bridgehead atoms. The van der Waals surface area contributed by atoms with Crippen LogP contribution in [0.3, 0.4) is 0 Å². The first-order valence-corrected chi connectivity index (χ1v) is 6.52. The van der Waals surface area contributed by atoms with Gasteiger partial charge >= 0.3 is 6.09 Å². The molecule has 0 aliphatic heterocycles. The van der Waals surface area contributed by atoms with Gasteiger partial charge in [0.2, 0.25) is 5.91 Å². The number of alkyl carbamates (subject to hydrolysis) is 1. The van der Waals surface area contributed by atoms with Crippen molar-refractivity contribution in [3.63, 3.8) is 0 Å². The first-order valence-electron chi connectivity index (χ1n) is 5.77. The lowest BCUT2D eigenvalue weighted by Crippen LogP contribution is -2.37. The number of hydrogen-bond donors (Lipinski definition) is 3. The highest BCUT2D eigenvalue weighted by atomic mass is 35.5. The summed E-state index contributed by atoms with van der Waals surface area (Å²) in [5.41, 5.74) is 11.5. The van der Waals surface area contributed by atoms with Crippen molar-refractivity contribution in [2.45, 2.75) is 12.5 Å². The highest BCUT2D eigenvalue weighted by Crippen LogP contribution is 2.21. The lowest BCUT2D eigenvalue weighted by Gasteiger charge is -2.13. The summed E-state index contributed by atoms with van der Waals surface area (Å²) in [5.74, 6) is -0.654. The van der Waals surface area contributed by atoms with Crippen molar-refractivity contribution in [1.29, 1.82) is 0 Å². The molecule has 0 aliphatic rings. The van der Waals surface area contributed by atoms with E-state index >= 15 is 0 Å². The van der Waals surface area contributed by atoms with Crippen molar-refractivity contribution in [3.05, 3.63) is 33.8 Å². The molecule has 20 heavy (non-hydrogen) atoms. The molecular formula is C12H15Cl2N3O3. The van der Waals surface area contributed by atoms with Gasteiger partial charge in [0.1, 0.15) is 6.61 Å². The number of carbonyl (C=O) groups excluding carboxylic acids is 2. The molecule has 0 heterocycles. The highest BCUT2D eigenvalue weighted by molar-refractivity contribution is 6.35. The molecule has 0 aromatic heterocycles. The molecule has 1 aromatic rings. The van der Waals surface area contributed by atoms with Crippen molar-refractivity contribution in [3.8, 4) is 0 Å². The molecule has 110 valence electrons. The lowest BCUT2D eigenvalue weighted by molar-refractivity contribution is -0.117. The van der Waals surface area contributed by atoms with E-state index in [2.05, 4.69) is 5.32 Å². The summed E-state index contributed by atoms with van der Waals surface area (Å²) in [5, 5.41) is 3.23. The van der Waals surface area contributed by atoms with Gasteiger partial charge in [-0.15, -0.1) is 0 Å². The van der Waals surface area contributed by atoms with Gasteiger partial charge in [0, 0.05) is 16.1 Å². The van der Waals surface area contributed by atoms with Crippen molar-refractivity contribution < 1.29 is 14.3 Å². The number of nitrogens with two attached hydrogens (primary N) is 2. The number of primary amides is 1. The van der Waals surface area contributed by atoms with Crippen LogP contribution in [0.1, 0.15) is 5.56 Å². The summed E-state index contributed by atoms with van der Waals surface area (Å²) >= 11 is 11.8. The third-order valence-electron chi connectivity index (χ3n) is 2.33. The Balaban J connectivity index is 2.38. The Morgan fingerprint density at radius 3 is 2.65 bits per heavy atom. The summed E-state index contributed by atoms with van der Waals surface area (Å²) in [7, 11) is 0. The maximum atomic E-state index is 11.2. The molecule has 6 nitrogen and oxygen atoms in total. The van der Waals surface area contributed by atoms with Gasteiger partial charge in [0.25, 0.3) is 0 Å². The average Bonchev–Trinajstić information content (AvgIpc) is 2.37. The Kier molecular flexibility index (Phi) is 6.57. The first kappa shape index (κ1) is 16.6. The fourth-order valence-corrected chi connectivity index (χ4v) is 1.91. The number of hydrogen-bond acceptors (Lipinski definition) is 4. The number of amides is 2. The number of rotatable bonds is 6. The fraction of sp³-hybridized carbons (Fsp3) is 0.333. The van der Waals surface area contributed by atoms with Crippen LogP contribution in [0.2, 0.25) is 10.0 Å². The number of ether oxygens (including phenoxy) is 1. The zero-order chi connectivity index (χ0) is 15.1. The minimum absolute atomic E-state index is 0.0104. The molecule has 0 aliphatic carbocycles. The highest BCUT2D eigenvalue weighted by Gasteiger charge is 2.11. The smallest absolute Gasteiger partial charge is 0.407 e. The van der Waals surface area contributed by atoms with Gasteiger partial charge < -0.3 is 21.5 Å². The topological polar surface area (TPSA) is 107 Å². The molecule has 2 amide bonds. The third kappa shape index (κ3) is 6.10. The van der Waals surface area contributed by atoms with Gasteiger partial charge in [-0.25, -0.2) is 4.79 Å². The average molecular weight is 320 g/mol. The summed E-state index contributed by atoms with van der Waals surface area (Å²) in [6.45, 7) is -0.291. The molecule has 0 saturated heterocycles. The molecule has 1 rings (SSSR count). The number of benzene rings is 1. The largest absolute Gasteiger partial charge is 0.448 e. The quantitative estimate of drug-likeness (QED) is 0.729. The first-order chi connectivity index (χ1) is 9.38. The van der Waals surface area contributed by atoms with Crippen molar-refractivity contribution in [2.24, 2.45) is 11.5 Å². The molecule has 1 aromatic carbocycles. The van der Waals surface area contributed by atoms with Gasteiger partial charge in [0.15, 0.2) is 0 Å². The SMILES string of the molecule is NC(=O)CNC(=O)OC[C@H](N)Cc1ccc(Cl)cc1Cl. The number of halogens is 2. The molecule has 0 unspecified atom stereocenters. The maximum absolute atomic E-state index is 11.2. The molecule has 5 N–H and O–H groups in total. The van der Waals surface area contributed by atoms with Crippen LogP contribution >= 0.6 is 23.2 Å². The molecule has 1 atom stereocenters. The van der Waals surface area contributed by atoms with Crippen LogP contribution in [0.25, 0.3) is 0 Å². The van der Waals surface area contributed by atoms with E-state index in [9.17, 15) is 9.59 Å². The molecule has 0 spiro atoms. The van der Waals surface area contributed by atoms with E-state index in [0.29, 0.717) is 16.5 Å². The van der Waals surface area contributed by atoms with Crippen molar-refractivity contribution in [1.82, 2.24) is 5.32 Å². The number of carbonyl (C=O) groups is 2. The van der Waals surface area contributed by atoms with Crippen LogP contribution < -0.4 is 16.8 Å². The zero-order valence-electron chi connectivity index (χ0n) is 10.6. The van der Waals surface area contributed by atoms with Crippen LogP contribution in [0.4, 0.5) is 4.79 Å². The van der Waals surface area contributed by atoms with Gasteiger partial charge in [-0.05, 0) is 24.1 Å². The normalized spacial score (nSPS) is 11.8. The van der Waals surface area contributed by atoms with E-state index in [-0.39, 0.29) is 13.2 Å². The molecule has 0 saturated carbocycles. The lowest BCUT2D eigenvalue weighted by atomic mass is 10.1. The second-order valence-corrected chi connectivity index (χ2v) is 4.96. The summed E-state index contributed by atoms with van der Waals surface area (Å²) in [6.07, 6.45) is -0.319. The Labute approximate surface area is 126 Å². The second kappa shape index (κ2) is 7.94. The van der Waals surface area contributed by atoms with E-state index in [4.69, 9.17) is 39.4 Å². The summed E-state index contributed by atoms with van der Waals surface area (Å²) < 4.78 is 4.84. The Morgan fingerprint density at radius 2 is 2.05 bits per heavy atom. The van der Waals surface area contributed by atoms with Gasteiger partial charge in [0.05, 0.1) is 6.54 Å². The van der Waals surface area contributed by atoms with Gasteiger partial charge in [-0.2, -0.15) is 0 Å². The fourth-order valence-electron chi connectivity index (χ4n) is 1.42. The van der Waals surface area contributed by atoms with E-state index in [1.165, 1.54) is 0 Å². The van der Waals surface area contributed by atoms with Crippen molar-refractivity contribution in [2.75, 3.05) is 13.2 Å². The van der Waals surface area contributed by atoms with Gasteiger partial charge in [-0.1, -0.05) is 29.3 Å². The maximum Gasteiger partial charge on any atom is 0.407 e. The molecule has 0 radical (unpaired) electrons. The number of nitrogens with one attached hydrogen (secondary N) is 1. The molecule has 8 heteroatoms. The van der Waals surface area contributed by atoms with E-state index in [1.807, 2.05) is 0 Å². The predicted molar refractivity (Wildman–Crippen MR) is 76.7 cm³/mol. The van der Waals surface area contributed by atoms with Crippen LogP contribution in [0.5, 0.6) is 0 Å².